The number of carbonyl (C=O) groups is 4. The van der Waals surface area contributed by atoms with E-state index in [0.717, 1.165) is 0 Å². The summed E-state index contributed by atoms with van der Waals surface area (Å²) in [4.78, 5) is 42.7. The molecule has 0 N–H and O–H groups in total. The Balaban J connectivity index is 2.86. The summed E-state index contributed by atoms with van der Waals surface area (Å²) in [6.45, 7) is 0. The molecule has 1 heterocycles. The maximum absolute atomic E-state index is 10.7. The molecule has 0 spiro atoms. The zero-order valence-corrected chi connectivity index (χ0v) is 6.76. The minimum atomic E-state index is -1.01. The summed E-state index contributed by atoms with van der Waals surface area (Å²) in [5, 5.41) is 0. The average Bonchev–Trinajstić information content (AvgIpc) is 2.11. The Labute approximate surface area is 77.8 Å². The molecule has 0 aliphatic carbocycles. The molecule has 0 aromatic carbocycles. The Kier molecular flexibility index (Phi) is 2.90. The first-order valence-electron chi connectivity index (χ1n) is 3.45. The van der Waals surface area contributed by atoms with Crippen molar-refractivity contribution in [2.75, 3.05) is 0 Å². The molecule has 0 atom stereocenters. The van der Waals surface area contributed by atoms with Gasteiger partial charge in [0.25, 0.3) is 0 Å². The number of rotatable bonds is 0. The third-order valence-electron chi connectivity index (χ3n) is 1.11. The van der Waals surface area contributed by atoms with Gasteiger partial charge < -0.3 is 9.47 Å². The van der Waals surface area contributed by atoms with E-state index in [1.54, 1.807) is 0 Å². The van der Waals surface area contributed by atoms with Crippen molar-refractivity contribution in [3.05, 3.63) is 24.3 Å². The first-order valence-corrected chi connectivity index (χ1v) is 3.45. The van der Waals surface area contributed by atoms with Gasteiger partial charge in [0, 0.05) is 24.3 Å². The predicted octanol–water partition coefficient (Wildman–Crippen LogP) is -0.748. The number of cyclic esters (lactones) is 4. The molecule has 6 heteroatoms. The Hall–Kier alpha value is -2.24. The standard InChI is InChI=1S/C8H4O6/c9-5-1-2-6(10)14-8(12)4-3-7(11)13-5/h1-4H/b2-1-,4-3-. The molecule has 0 fully saturated rings. The highest BCUT2D eigenvalue weighted by Crippen LogP contribution is 1.93. The maximum atomic E-state index is 10.7. The SMILES string of the molecule is O=C1/C=C\C(=O)OC(=O)/C=C\C(=O)O1. The minimum absolute atomic E-state index is 0.687. The van der Waals surface area contributed by atoms with Crippen LogP contribution < -0.4 is 0 Å². The fourth-order valence-electron chi connectivity index (χ4n) is 0.607. The van der Waals surface area contributed by atoms with Crippen LogP contribution in [-0.2, 0) is 28.7 Å². The van der Waals surface area contributed by atoms with E-state index in [0.29, 0.717) is 24.3 Å². The third kappa shape index (κ3) is 3.02. The second-order valence-corrected chi connectivity index (χ2v) is 2.15. The molecule has 0 radical (unpaired) electrons. The van der Waals surface area contributed by atoms with E-state index in [9.17, 15) is 19.2 Å². The van der Waals surface area contributed by atoms with Crippen molar-refractivity contribution in [3.63, 3.8) is 0 Å². The summed E-state index contributed by atoms with van der Waals surface area (Å²) in [6, 6.07) is 0. The molecule has 0 aromatic heterocycles. The first kappa shape index (κ1) is 9.85. The molecule has 0 saturated carbocycles. The van der Waals surface area contributed by atoms with Crippen molar-refractivity contribution in [1.82, 2.24) is 0 Å². The lowest BCUT2D eigenvalue weighted by Gasteiger charge is -1.98. The maximum Gasteiger partial charge on any atom is 0.338 e. The Morgan fingerprint density at radius 1 is 0.571 bits per heavy atom. The van der Waals surface area contributed by atoms with E-state index in [1.165, 1.54) is 0 Å². The van der Waals surface area contributed by atoms with Gasteiger partial charge in [-0.2, -0.15) is 0 Å². The smallest absolute Gasteiger partial charge is 0.338 e. The van der Waals surface area contributed by atoms with Crippen molar-refractivity contribution in [2.24, 2.45) is 0 Å². The number of ether oxygens (including phenoxy) is 2. The highest BCUT2D eigenvalue weighted by molar-refractivity contribution is 6.05. The van der Waals surface area contributed by atoms with Crippen molar-refractivity contribution in [3.8, 4) is 0 Å². The lowest BCUT2D eigenvalue weighted by Crippen LogP contribution is -2.13. The fourth-order valence-corrected chi connectivity index (χ4v) is 0.607. The average molecular weight is 196 g/mol. The van der Waals surface area contributed by atoms with E-state index >= 15 is 0 Å². The zero-order valence-electron chi connectivity index (χ0n) is 6.76. The van der Waals surface area contributed by atoms with E-state index < -0.39 is 23.9 Å². The monoisotopic (exact) mass is 196 g/mol. The van der Waals surface area contributed by atoms with Crippen LogP contribution >= 0.6 is 0 Å². The number of esters is 4. The van der Waals surface area contributed by atoms with E-state index in [-0.39, 0.29) is 0 Å². The summed E-state index contributed by atoms with van der Waals surface area (Å²) < 4.78 is 8.22. The van der Waals surface area contributed by atoms with Crippen LogP contribution in [0.3, 0.4) is 0 Å². The molecule has 1 aliphatic rings. The number of hydrogen-bond donors (Lipinski definition) is 0. The van der Waals surface area contributed by atoms with Gasteiger partial charge >= 0.3 is 23.9 Å². The Bertz CT molecular complexity index is 294. The second-order valence-electron chi connectivity index (χ2n) is 2.15. The molecule has 0 amide bonds. The highest BCUT2D eigenvalue weighted by atomic mass is 16.6. The third-order valence-corrected chi connectivity index (χ3v) is 1.11. The number of hydrogen-bond acceptors (Lipinski definition) is 6. The van der Waals surface area contributed by atoms with Gasteiger partial charge in [-0.1, -0.05) is 0 Å². The summed E-state index contributed by atoms with van der Waals surface area (Å²) in [5.41, 5.74) is 0. The largest absolute Gasteiger partial charge is 0.387 e. The zero-order chi connectivity index (χ0) is 10.6. The molecule has 72 valence electrons. The van der Waals surface area contributed by atoms with Gasteiger partial charge in [-0.3, -0.25) is 0 Å². The van der Waals surface area contributed by atoms with Gasteiger partial charge in [-0.25, -0.2) is 19.2 Å². The van der Waals surface area contributed by atoms with Crippen LogP contribution in [0.25, 0.3) is 0 Å². The second kappa shape index (κ2) is 4.13. The Morgan fingerprint density at radius 2 is 0.786 bits per heavy atom. The molecule has 6 nitrogen and oxygen atoms in total. The Morgan fingerprint density at radius 3 is 1.00 bits per heavy atom. The minimum Gasteiger partial charge on any atom is -0.387 e. The van der Waals surface area contributed by atoms with Gasteiger partial charge in [-0.15, -0.1) is 0 Å². The van der Waals surface area contributed by atoms with Gasteiger partial charge in [0.2, 0.25) is 0 Å². The van der Waals surface area contributed by atoms with Crippen LogP contribution in [-0.4, -0.2) is 23.9 Å². The van der Waals surface area contributed by atoms with Crippen LogP contribution in [0.4, 0.5) is 0 Å². The highest BCUT2D eigenvalue weighted by Gasteiger charge is 2.10. The molecule has 0 bridgehead atoms. The van der Waals surface area contributed by atoms with Gasteiger partial charge in [0.1, 0.15) is 0 Å². The molecule has 0 aromatic rings. The topological polar surface area (TPSA) is 86.7 Å². The van der Waals surface area contributed by atoms with Crippen LogP contribution in [0.5, 0.6) is 0 Å². The predicted molar refractivity (Wildman–Crippen MR) is 40.5 cm³/mol. The van der Waals surface area contributed by atoms with E-state index in [2.05, 4.69) is 9.47 Å². The van der Waals surface area contributed by atoms with Gasteiger partial charge in [0.15, 0.2) is 0 Å². The lowest BCUT2D eigenvalue weighted by molar-refractivity contribution is -0.156. The van der Waals surface area contributed by atoms with E-state index in [4.69, 9.17) is 0 Å². The summed E-state index contributed by atoms with van der Waals surface area (Å²) >= 11 is 0. The number of carbonyl (C=O) groups excluding carboxylic acids is 4. The molecule has 0 unspecified atom stereocenters. The molecule has 1 aliphatic heterocycles. The quantitative estimate of drug-likeness (QED) is 0.374. The van der Waals surface area contributed by atoms with E-state index in [1.807, 2.05) is 0 Å². The van der Waals surface area contributed by atoms with Crippen molar-refractivity contribution in [1.29, 1.82) is 0 Å². The van der Waals surface area contributed by atoms with Crippen molar-refractivity contribution >= 4 is 23.9 Å². The van der Waals surface area contributed by atoms with Crippen molar-refractivity contribution < 1.29 is 28.7 Å². The van der Waals surface area contributed by atoms with Gasteiger partial charge in [-0.05, 0) is 0 Å². The normalized spacial score (nSPS) is 22.3. The molecule has 0 saturated heterocycles. The lowest BCUT2D eigenvalue weighted by atomic mass is 10.4. The summed E-state index contributed by atoms with van der Waals surface area (Å²) in [7, 11) is 0. The first-order chi connectivity index (χ1) is 6.58. The molecular formula is C8H4O6. The summed E-state index contributed by atoms with van der Waals surface area (Å²) in [5.74, 6) is -4.03. The molecule has 14 heavy (non-hydrogen) atoms. The van der Waals surface area contributed by atoms with Crippen molar-refractivity contribution in [2.45, 2.75) is 0 Å². The molecular weight excluding hydrogens is 192 g/mol. The van der Waals surface area contributed by atoms with Crippen LogP contribution in [0.15, 0.2) is 24.3 Å². The summed E-state index contributed by atoms with van der Waals surface area (Å²) in [6.07, 6.45) is 2.75. The van der Waals surface area contributed by atoms with Crippen LogP contribution in [0.1, 0.15) is 0 Å². The van der Waals surface area contributed by atoms with Crippen LogP contribution in [0, 0.1) is 0 Å². The van der Waals surface area contributed by atoms with Gasteiger partial charge in [0.05, 0.1) is 0 Å². The fraction of sp³-hybridized carbons (Fsp3) is 0. The van der Waals surface area contributed by atoms with Crippen LogP contribution in [0.2, 0.25) is 0 Å². The molecule has 1 rings (SSSR count).